The summed E-state index contributed by atoms with van der Waals surface area (Å²) in [6.07, 6.45) is 7.10. The normalized spacial score (nSPS) is 18.3. The molecule has 1 saturated heterocycles. The highest BCUT2D eigenvalue weighted by atomic mass is 16.5. The smallest absolute Gasteiger partial charge is 0.231 e. The Morgan fingerprint density at radius 2 is 2.00 bits per heavy atom. The van der Waals surface area contributed by atoms with Gasteiger partial charge < -0.3 is 14.5 Å². The van der Waals surface area contributed by atoms with E-state index in [-0.39, 0.29) is 11.8 Å². The molecule has 9 nitrogen and oxygen atoms in total. The summed E-state index contributed by atoms with van der Waals surface area (Å²) in [6.45, 7) is 5.21. The number of ether oxygens (including phenoxy) is 1. The van der Waals surface area contributed by atoms with Crippen LogP contribution in [-0.2, 0) is 47.3 Å². The molecule has 188 valence electrons. The van der Waals surface area contributed by atoms with Crippen LogP contribution >= 0.6 is 0 Å². The summed E-state index contributed by atoms with van der Waals surface area (Å²) < 4.78 is 9.54. The average molecular weight is 489 g/mol. The summed E-state index contributed by atoms with van der Waals surface area (Å²) >= 11 is 0. The molecule has 3 aliphatic heterocycles. The molecule has 1 fully saturated rings. The third kappa shape index (κ3) is 3.91. The Labute approximate surface area is 210 Å². The summed E-state index contributed by atoms with van der Waals surface area (Å²) in [5, 5.41) is 9.44. The van der Waals surface area contributed by atoms with Crippen LogP contribution in [0.15, 0.2) is 30.6 Å². The number of carbonyl (C=O) groups is 2. The fourth-order valence-electron chi connectivity index (χ4n) is 5.83. The third-order valence-corrected chi connectivity index (χ3v) is 7.77. The number of carbonyl (C=O) groups excluding carboxylic acids is 2. The lowest BCUT2D eigenvalue weighted by Crippen LogP contribution is -2.37. The lowest BCUT2D eigenvalue weighted by molar-refractivity contribution is -0.131. The summed E-state index contributed by atoms with van der Waals surface area (Å²) in [7, 11) is 1.86. The number of aromatic nitrogens is 4. The molecule has 0 unspecified atom stereocenters. The van der Waals surface area contributed by atoms with Crippen molar-refractivity contribution < 1.29 is 14.3 Å². The molecule has 0 radical (unpaired) electrons. The molecule has 3 aliphatic rings. The van der Waals surface area contributed by atoms with Gasteiger partial charge in [0.05, 0.1) is 36.6 Å². The standard InChI is InChI=1S/C27H32N6O3/c1-3-25(34)31-10-7-24-23(17-31)27(29-33(24)19-8-11-36-12-9-19)21-6-4-5-18-15-32(26(35)13-22(18)21)20-14-28-30(2)16-20/h4-6,14,16,19H,3,7-13,15,17H2,1-2H3. The minimum Gasteiger partial charge on any atom is -0.381 e. The van der Waals surface area contributed by atoms with Crippen LogP contribution in [0.5, 0.6) is 0 Å². The molecule has 0 saturated carbocycles. The van der Waals surface area contributed by atoms with Crippen LogP contribution < -0.4 is 4.90 Å². The summed E-state index contributed by atoms with van der Waals surface area (Å²) in [6, 6.07) is 6.55. The highest BCUT2D eigenvalue weighted by Gasteiger charge is 2.33. The molecule has 5 heterocycles. The number of fused-ring (bicyclic) bond motifs is 2. The predicted molar refractivity (Wildman–Crippen MR) is 134 cm³/mol. The second-order valence-corrected chi connectivity index (χ2v) is 9.95. The van der Waals surface area contributed by atoms with Gasteiger partial charge in [0.1, 0.15) is 0 Å². The molecule has 2 aromatic heterocycles. The van der Waals surface area contributed by atoms with E-state index in [0.29, 0.717) is 32.0 Å². The highest BCUT2D eigenvalue weighted by molar-refractivity contribution is 5.97. The molecular formula is C27H32N6O3. The molecule has 36 heavy (non-hydrogen) atoms. The zero-order valence-electron chi connectivity index (χ0n) is 20.9. The molecule has 0 bridgehead atoms. The number of anilines is 1. The van der Waals surface area contributed by atoms with Crippen molar-refractivity contribution >= 4 is 17.5 Å². The van der Waals surface area contributed by atoms with Gasteiger partial charge in [0, 0.05) is 69.2 Å². The van der Waals surface area contributed by atoms with Crippen molar-refractivity contribution in [2.24, 2.45) is 7.05 Å². The topological polar surface area (TPSA) is 85.5 Å². The Hall–Kier alpha value is -3.46. The van der Waals surface area contributed by atoms with Crippen LogP contribution in [0.2, 0.25) is 0 Å². The maximum Gasteiger partial charge on any atom is 0.231 e. The van der Waals surface area contributed by atoms with Crippen LogP contribution in [0.3, 0.4) is 0 Å². The number of aryl methyl sites for hydroxylation is 1. The highest BCUT2D eigenvalue weighted by Crippen LogP contribution is 2.38. The lowest BCUT2D eigenvalue weighted by Gasteiger charge is -2.30. The Morgan fingerprint density at radius 1 is 1.17 bits per heavy atom. The van der Waals surface area contributed by atoms with Crippen molar-refractivity contribution in [2.75, 3.05) is 24.7 Å². The largest absolute Gasteiger partial charge is 0.381 e. The number of nitrogens with zero attached hydrogens (tertiary/aromatic N) is 6. The Kier molecular flexibility index (Phi) is 5.87. The van der Waals surface area contributed by atoms with Gasteiger partial charge in [-0.3, -0.25) is 19.0 Å². The van der Waals surface area contributed by atoms with Crippen molar-refractivity contribution in [3.63, 3.8) is 0 Å². The van der Waals surface area contributed by atoms with E-state index in [9.17, 15) is 9.59 Å². The van der Waals surface area contributed by atoms with E-state index in [4.69, 9.17) is 9.84 Å². The van der Waals surface area contributed by atoms with Crippen molar-refractivity contribution in [2.45, 2.75) is 58.2 Å². The van der Waals surface area contributed by atoms with E-state index in [0.717, 1.165) is 72.7 Å². The predicted octanol–water partition coefficient (Wildman–Crippen LogP) is 3.02. The number of amides is 2. The first-order valence-corrected chi connectivity index (χ1v) is 12.9. The van der Waals surface area contributed by atoms with Gasteiger partial charge in [0.15, 0.2) is 0 Å². The third-order valence-electron chi connectivity index (χ3n) is 7.77. The Morgan fingerprint density at radius 3 is 2.75 bits per heavy atom. The molecule has 0 N–H and O–H groups in total. The van der Waals surface area contributed by atoms with E-state index in [1.807, 2.05) is 25.1 Å². The minimum absolute atomic E-state index is 0.0588. The molecule has 2 amide bonds. The van der Waals surface area contributed by atoms with Gasteiger partial charge >= 0.3 is 0 Å². The molecule has 0 aliphatic carbocycles. The van der Waals surface area contributed by atoms with Crippen molar-refractivity contribution in [3.8, 4) is 11.3 Å². The SMILES string of the molecule is CCC(=O)N1CCc2c(c(-c3cccc4c3CC(=O)N(c3cnn(C)c3)C4)nn2C2CCOCC2)C1. The number of rotatable bonds is 4. The van der Waals surface area contributed by atoms with E-state index >= 15 is 0 Å². The second-order valence-electron chi connectivity index (χ2n) is 9.95. The monoisotopic (exact) mass is 488 g/mol. The van der Waals surface area contributed by atoms with Gasteiger partial charge in [-0.25, -0.2) is 0 Å². The number of hydrogen-bond donors (Lipinski definition) is 0. The van der Waals surface area contributed by atoms with E-state index in [1.54, 1.807) is 15.8 Å². The molecule has 9 heteroatoms. The fourth-order valence-corrected chi connectivity index (χ4v) is 5.83. The molecular weight excluding hydrogens is 456 g/mol. The van der Waals surface area contributed by atoms with E-state index < -0.39 is 0 Å². The first-order chi connectivity index (χ1) is 17.5. The number of hydrogen-bond acceptors (Lipinski definition) is 5. The van der Waals surface area contributed by atoms with Gasteiger partial charge in [0.2, 0.25) is 11.8 Å². The molecule has 0 atom stereocenters. The molecule has 3 aromatic rings. The van der Waals surface area contributed by atoms with Crippen LogP contribution in [0.4, 0.5) is 5.69 Å². The van der Waals surface area contributed by atoms with Crippen molar-refractivity contribution in [1.82, 2.24) is 24.5 Å². The zero-order valence-corrected chi connectivity index (χ0v) is 20.9. The summed E-state index contributed by atoms with van der Waals surface area (Å²) in [5.41, 5.74) is 7.28. The quantitative estimate of drug-likeness (QED) is 0.564. The first kappa shape index (κ1) is 23.0. The average Bonchev–Trinajstić information content (AvgIpc) is 3.51. The van der Waals surface area contributed by atoms with Gasteiger partial charge in [-0.1, -0.05) is 25.1 Å². The van der Waals surface area contributed by atoms with Crippen molar-refractivity contribution in [3.05, 3.63) is 53.0 Å². The Balaban J connectivity index is 1.42. The molecule has 1 aromatic carbocycles. The maximum atomic E-state index is 13.3. The first-order valence-electron chi connectivity index (χ1n) is 12.9. The van der Waals surface area contributed by atoms with Crippen LogP contribution in [0.25, 0.3) is 11.3 Å². The van der Waals surface area contributed by atoms with Crippen LogP contribution in [-0.4, -0.2) is 56.0 Å². The summed E-state index contributed by atoms with van der Waals surface area (Å²) in [4.78, 5) is 29.6. The van der Waals surface area contributed by atoms with Gasteiger partial charge in [0.25, 0.3) is 0 Å². The fraction of sp³-hybridized carbons (Fsp3) is 0.481. The Bertz CT molecular complexity index is 1320. The molecule has 6 rings (SSSR count). The summed E-state index contributed by atoms with van der Waals surface area (Å²) in [5.74, 6) is 0.228. The van der Waals surface area contributed by atoms with Crippen LogP contribution in [0.1, 0.15) is 54.6 Å². The molecule has 0 spiro atoms. The maximum absolute atomic E-state index is 13.3. The van der Waals surface area contributed by atoms with Gasteiger partial charge in [-0.05, 0) is 24.0 Å². The van der Waals surface area contributed by atoms with Gasteiger partial charge in [-0.15, -0.1) is 0 Å². The second kappa shape index (κ2) is 9.20. The lowest BCUT2D eigenvalue weighted by atomic mass is 9.90. The minimum atomic E-state index is 0.0588. The van der Waals surface area contributed by atoms with E-state index in [2.05, 4.69) is 28.0 Å². The van der Waals surface area contributed by atoms with Crippen LogP contribution in [0, 0.1) is 0 Å². The van der Waals surface area contributed by atoms with Crippen molar-refractivity contribution in [1.29, 1.82) is 0 Å². The number of benzene rings is 1. The van der Waals surface area contributed by atoms with Gasteiger partial charge in [-0.2, -0.15) is 10.2 Å². The van der Waals surface area contributed by atoms with E-state index in [1.165, 1.54) is 5.69 Å². The zero-order chi connectivity index (χ0) is 24.8.